The van der Waals surface area contributed by atoms with E-state index in [1.807, 2.05) is 0 Å². The molecule has 0 fully saturated rings. The van der Waals surface area contributed by atoms with Crippen LogP contribution >= 0.6 is 27.5 Å². The molecule has 0 bridgehead atoms. The minimum atomic E-state index is -2.80. The van der Waals surface area contributed by atoms with Crippen LogP contribution in [0, 0.1) is 0 Å². The summed E-state index contributed by atoms with van der Waals surface area (Å²) in [5.41, 5.74) is -0.0469. The zero-order valence-electron chi connectivity index (χ0n) is 6.95. The Balaban J connectivity index is 3.15. The van der Waals surface area contributed by atoms with E-state index < -0.39 is 5.92 Å². The first-order valence-electron chi connectivity index (χ1n) is 3.80. The highest BCUT2D eigenvalue weighted by atomic mass is 79.9. The van der Waals surface area contributed by atoms with Gasteiger partial charge in [-0.25, -0.2) is 8.78 Å². The van der Waals surface area contributed by atoms with E-state index >= 15 is 0 Å². The second kappa shape index (κ2) is 3.93. The third-order valence-electron chi connectivity index (χ3n) is 1.73. The van der Waals surface area contributed by atoms with Gasteiger partial charge < -0.3 is 0 Å². The second-order valence-corrected chi connectivity index (χ2v) is 4.07. The van der Waals surface area contributed by atoms with Crippen LogP contribution in [-0.2, 0) is 5.92 Å². The van der Waals surface area contributed by atoms with Gasteiger partial charge in [0.15, 0.2) is 0 Å². The molecule has 0 radical (unpaired) electrons. The number of alkyl halides is 2. The number of benzene rings is 1. The SMILES string of the molecule is CCC(F)(F)c1cc(Cl)cc(Br)c1. The van der Waals surface area contributed by atoms with Crippen molar-refractivity contribution in [1.29, 1.82) is 0 Å². The van der Waals surface area contributed by atoms with Crippen molar-refractivity contribution >= 4 is 27.5 Å². The molecule has 0 saturated carbocycles. The van der Waals surface area contributed by atoms with Crippen LogP contribution in [0.5, 0.6) is 0 Å². The van der Waals surface area contributed by atoms with Gasteiger partial charge in [0, 0.05) is 21.5 Å². The zero-order valence-corrected chi connectivity index (χ0v) is 9.29. The molecule has 0 amide bonds. The lowest BCUT2D eigenvalue weighted by Crippen LogP contribution is -2.11. The maximum atomic E-state index is 13.2. The fourth-order valence-electron chi connectivity index (χ4n) is 0.969. The summed E-state index contributed by atoms with van der Waals surface area (Å²) in [4.78, 5) is 0. The Morgan fingerprint density at radius 2 is 2.00 bits per heavy atom. The van der Waals surface area contributed by atoms with Crippen molar-refractivity contribution in [2.75, 3.05) is 0 Å². The molecule has 13 heavy (non-hydrogen) atoms. The zero-order chi connectivity index (χ0) is 10.1. The van der Waals surface area contributed by atoms with Crippen molar-refractivity contribution in [1.82, 2.24) is 0 Å². The molecule has 4 heteroatoms. The molecule has 0 heterocycles. The summed E-state index contributed by atoms with van der Waals surface area (Å²) in [5.74, 6) is -2.80. The molecule has 0 spiro atoms. The predicted octanol–water partition coefficient (Wildman–Crippen LogP) is 4.60. The van der Waals surface area contributed by atoms with E-state index in [1.54, 1.807) is 6.07 Å². The average molecular weight is 270 g/mol. The smallest absolute Gasteiger partial charge is 0.201 e. The van der Waals surface area contributed by atoms with Crippen molar-refractivity contribution in [2.24, 2.45) is 0 Å². The van der Waals surface area contributed by atoms with Crippen LogP contribution in [-0.4, -0.2) is 0 Å². The van der Waals surface area contributed by atoms with E-state index in [1.165, 1.54) is 19.1 Å². The summed E-state index contributed by atoms with van der Waals surface area (Å²) in [7, 11) is 0. The molecule has 0 saturated heterocycles. The van der Waals surface area contributed by atoms with Crippen molar-refractivity contribution in [3.8, 4) is 0 Å². The first-order chi connectivity index (χ1) is 5.95. The molecule has 0 aromatic heterocycles. The fourth-order valence-corrected chi connectivity index (χ4v) is 1.83. The van der Waals surface area contributed by atoms with Gasteiger partial charge in [-0.3, -0.25) is 0 Å². The van der Waals surface area contributed by atoms with Crippen LogP contribution in [0.4, 0.5) is 8.78 Å². The summed E-state index contributed by atoms with van der Waals surface area (Å²) in [6, 6.07) is 4.25. The van der Waals surface area contributed by atoms with Gasteiger partial charge in [0.05, 0.1) is 0 Å². The first kappa shape index (κ1) is 10.9. The topological polar surface area (TPSA) is 0 Å². The van der Waals surface area contributed by atoms with Gasteiger partial charge in [-0.1, -0.05) is 34.5 Å². The molecule has 0 aliphatic rings. The summed E-state index contributed by atoms with van der Waals surface area (Å²) >= 11 is 8.77. The van der Waals surface area contributed by atoms with Crippen molar-refractivity contribution in [3.63, 3.8) is 0 Å². The molecular weight excluding hydrogens is 261 g/mol. The maximum absolute atomic E-state index is 13.2. The Morgan fingerprint density at radius 1 is 1.38 bits per heavy atom. The van der Waals surface area contributed by atoms with E-state index in [2.05, 4.69) is 15.9 Å². The van der Waals surface area contributed by atoms with E-state index in [4.69, 9.17) is 11.6 Å². The normalized spacial score (nSPS) is 11.8. The van der Waals surface area contributed by atoms with E-state index in [9.17, 15) is 8.78 Å². The van der Waals surface area contributed by atoms with Crippen LogP contribution in [0.3, 0.4) is 0 Å². The highest BCUT2D eigenvalue weighted by molar-refractivity contribution is 9.10. The minimum Gasteiger partial charge on any atom is -0.201 e. The molecule has 0 aliphatic carbocycles. The Kier molecular flexibility index (Phi) is 3.30. The average Bonchev–Trinajstić information content (AvgIpc) is 2.02. The monoisotopic (exact) mass is 268 g/mol. The van der Waals surface area contributed by atoms with Crippen LogP contribution in [0.1, 0.15) is 18.9 Å². The van der Waals surface area contributed by atoms with Crippen LogP contribution < -0.4 is 0 Å². The summed E-state index contributed by atoms with van der Waals surface area (Å²) < 4.78 is 26.9. The van der Waals surface area contributed by atoms with Crippen molar-refractivity contribution in [3.05, 3.63) is 33.3 Å². The lowest BCUT2D eigenvalue weighted by Gasteiger charge is -2.14. The number of halogens is 4. The Morgan fingerprint density at radius 3 is 2.46 bits per heavy atom. The van der Waals surface area contributed by atoms with Crippen LogP contribution in [0.25, 0.3) is 0 Å². The predicted molar refractivity (Wildman–Crippen MR) is 53.3 cm³/mol. The first-order valence-corrected chi connectivity index (χ1v) is 4.97. The summed E-state index contributed by atoms with van der Waals surface area (Å²) in [6.07, 6.45) is -0.222. The summed E-state index contributed by atoms with van der Waals surface area (Å²) in [6.45, 7) is 1.44. The van der Waals surface area contributed by atoms with Crippen LogP contribution in [0.15, 0.2) is 22.7 Å². The number of hydrogen-bond acceptors (Lipinski definition) is 0. The molecule has 72 valence electrons. The molecular formula is C9H8BrClF2. The molecule has 0 nitrogen and oxygen atoms in total. The van der Waals surface area contributed by atoms with Gasteiger partial charge in [0.25, 0.3) is 5.92 Å². The standard InChI is InChI=1S/C9H8BrClF2/c1-2-9(12,13)6-3-7(10)5-8(11)4-6/h3-5H,2H2,1H3. The molecule has 0 N–H and O–H groups in total. The molecule has 1 aromatic rings. The van der Waals surface area contributed by atoms with Gasteiger partial charge >= 0.3 is 0 Å². The molecule has 1 rings (SSSR count). The number of hydrogen-bond donors (Lipinski definition) is 0. The Hall–Kier alpha value is -0.150. The fraction of sp³-hybridized carbons (Fsp3) is 0.333. The summed E-state index contributed by atoms with van der Waals surface area (Å²) in [5, 5.41) is 0.317. The van der Waals surface area contributed by atoms with Crippen molar-refractivity contribution in [2.45, 2.75) is 19.3 Å². The molecule has 0 aliphatic heterocycles. The van der Waals surface area contributed by atoms with Gasteiger partial charge in [-0.2, -0.15) is 0 Å². The quantitative estimate of drug-likeness (QED) is 0.736. The highest BCUT2D eigenvalue weighted by Gasteiger charge is 2.29. The Labute approximate surface area is 89.0 Å². The minimum absolute atomic E-state index is 0.0469. The van der Waals surface area contributed by atoms with E-state index in [0.29, 0.717) is 9.50 Å². The van der Waals surface area contributed by atoms with Gasteiger partial charge in [-0.15, -0.1) is 0 Å². The molecule has 0 unspecified atom stereocenters. The molecule has 1 aromatic carbocycles. The van der Waals surface area contributed by atoms with E-state index in [0.717, 1.165) is 0 Å². The van der Waals surface area contributed by atoms with Crippen LogP contribution in [0.2, 0.25) is 5.02 Å². The lowest BCUT2D eigenvalue weighted by atomic mass is 10.1. The van der Waals surface area contributed by atoms with E-state index in [-0.39, 0.29) is 12.0 Å². The van der Waals surface area contributed by atoms with Gasteiger partial charge in [0.1, 0.15) is 0 Å². The lowest BCUT2D eigenvalue weighted by molar-refractivity contribution is -0.00833. The third kappa shape index (κ3) is 2.64. The highest BCUT2D eigenvalue weighted by Crippen LogP contribution is 2.34. The largest absolute Gasteiger partial charge is 0.273 e. The second-order valence-electron chi connectivity index (χ2n) is 2.72. The van der Waals surface area contributed by atoms with Gasteiger partial charge in [-0.05, 0) is 18.2 Å². The Bertz CT molecular complexity index is 292. The van der Waals surface area contributed by atoms with Gasteiger partial charge in [0.2, 0.25) is 0 Å². The third-order valence-corrected chi connectivity index (χ3v) is 2.40. The maximum Gasteiger partial charge on any atom is 0.273 e. The number of rotatable bonds is 2. The molecule has 0 atom stereocenters. The van der Waals surface area contributed by atoms with Crippen molar-refractivity contribution < 1.29 is 8.78 Å².